The summed E-state index contributed by atoms with van der Waals surface area (Å²) in [6.45, 7) is 6.59. The second-order valence-corrected chi connectivity index (χ2v) is 5.09. The number of aryl methyl sites for hydroxylation is 1. The molecule has 1 N–H and O–H groups in total. The van der Waals surface area contributed by atoms with Gasteiger partial charge in [-0.3, -0.25) is 0 Å². The summed E-state index contributed by atoms with van der Waals surface area (Å²) in [5.74, 6) is -0.184. The summed E-state index contributed by atoms with van der Waals surface area (Å²) in [6, 6.07) is 4.86. The minimum atomic E-state index is -0.184. The molecule has 1 aromatic rings. The molecule has 2 nitrogen and oxygen atoms in total. The molecule has 0 aromatic heterocycles. The van der Waals surface area contributed by atoms with E-state index >= 15 is 0 Å². The first-order valence-corrected chi connectivity index (χ1v) is 6.19. The van der Waals surface area contributed by atoms with Crippen LogP contribution >= 0.6 is 0 Å². The Labute approximate surface area is 102 Å². The third-order valence-corrected chi connectivity index (χ3v) is 3.44. The first-order valence-electron chi connectivity index (χ1n) is 6.19. The van der Waals surface area contributed by atoms with Gasteiger partial charge in [-0.25, -0.2) is 4.39 Å². The van der Waals surface area contributed by atoms with Gasteiger partial charge in [-0.05, 0) is 56.5 Å². The van der Waals surface area contributed by atoms with E-state index < -0.39 is 0 Å². The molecule has 17 heavy (non-hydrogen) atoms. The van der Waals surface area contributed by atoms with Crippen LogP contribution in [0.5, 0.6) is 0 Å². The Hall–Kier alpha value is -0.930. The van der Waals surface area contributed by atoms with Crippen LogP contribution in [0.4, 0.5) is 4.39 Å². The van der Waals surface area contributed by atoms with Gasteiger partial charge in [0.2, 0.25) is 0 Å². The molecule has 1 fully saturated rings. The van der Waals surface area contributed by atoms with Crippen LogP contribution in [0.2, 0.25) is 0 Å². The predicted octanol–water partition coefficient (Wildman–Crippen LogP) is 2.79. The summed E-state index contributed by atoms with van der Waals surface area (Å²) >= 11 is 0. The molecule has 1 aromatic carbocycles. The number of halogens is 1. The van der Waals surface area contributed by atoms with Crippen molar-refractivity contribution in [3.8, 4) is 0 Å². The molecular formula is C14H20FNO. The van der Waals surface area contributed by atoms with Crippen LogP contribution in [0.1, 0.15) is 30.9 Å². The zero-order chi connectivity index (χ0) is 12.3. The molecule has 0 spiro atoms. The number of hydrogen-bond acceptors (Lipinski definition) is 2. The number of benzene rings is 1. The van der Waals surface area contributed by atoms with E-state index in [2.05, 4.69) is 12.2 Å². The van der Waals surface area contributed by atoms with E-state index in [9.17, 15) is 4.39 Å². The van der Waals surface area contributed by atoms with E-state index in [1.807, 2.05) is 13.0 Å². The molecule has 1 saturated heterocycles. The van der Waals surface area contributed by atoms with E-state index in [4.69, 9.17) is 4.74 Å². The van der Waals surface area contributed by atoms with Gasteiger partial charge in [0.05, 0.1) is 12.2 Å². The van der Waals surface area contributed by atoms with Crippen molar-refractivity contribution in [2.45, 2.75) is 38.9 Å². The van der Waals surface area contributed by atoms with Gasteiger partial charge in [-0.15, -0.1) is 0 Å². The lowest BCUT2D eigenvalue weighted by Gasteiger charge is -2.34. The maximum atomic E-state index is 13.0. The number of nitrogens with one attached hydrogen (secondary N) is 1. The molecule has 0 bridgehead atoms. The van der Waals surface area contributed by atoms with Gasteiger partial charge < -0.3 is 10.1 Å². The van der Waals surface area contributed by atoms with E-state index in [1.165, 1.54) is 6.07 Å². The Kier molecular flexibility index (Phi) is 3.79. The zero-order valence-corrected chi connectivity index (χ0v) is 10.6. The fourth-order valence-corrected chi connectivity index (χ4v) is 2.22. The second kappa shape index (κ2) is 5.15. The molecule has 3 heteroatoms. The fraction of sp³-hybridized carbons (Fsp3) is 0.571. The lowest BCUT2D eigenvalue weighted by molar-refractivity contribution is -0.0573. The first-order chi connectivity index (χ1) is 8.09. The summed E-state index contributed by atoms with van der Waals surface area (Å²) in [6.07, 6.45) is 2.24. The van der Waals surface area contributed by atoms with Crippen molar-refractivity contribution >= 4 is 0 Å². The van der Waals surface area contributed by atoms with Crippen molar-refractivity contribution in [3.05, 3.63) is 35.1 Å². The maximum Gasteiger partial charge on any atom is 0.123 e. The van der Waals surface area contributed by atoms with Gasteiger partial charge in [-0.1, -0.05) is 6.07 Å². The second-order valence-electron chi connectivity index (χ2n) is 5.09. The predicted molar refractivity (Wildman–Crippen MR) is 66.4 cm³/mol. The summed E-state index contributed by atoms with van der Waals surface area (Å²) in [7, 11) is 0. The van der Waals surface area contributed by atoms with E-state index in [0.29, 0.717) is 6.61 Å². The normalized spacial score (nSPS) is 24.9. The first kappa shape index (κ1) is 12.5. The van der Waals surface area contributed by atoms with Crippen LogP contribution < -0.4 is 5.32 Å². The quantitative estimate of drug-likeness (QED) is 0.872. The van der Waals surface area contributed by atoms with Crippen LogP contribution in [0.15, 0.2) is 18.2 Å². The minimum Gasteiger partial charge on any atom is -0.369 e. The van der Waals surface area contributed by atoms with Crippen molar-refractivity contribution < 1.29 is 9.13 Å². The van der Waals surface area contributed by atoms with Crippen molar-refractivity contribution in [2.75, 3.05) is 13.1 Å². The number of ether oxygens (including phenoxy) is 1. The largest absolute Gasteiger partial charge is 0.369 e. The van der Waals surface area contributed by atoms with Gasteiger partial charge in [0.15, 0.2) is 0 Å². The molecule has 2 rings (SSSR count). The van der Waals surface area contributed by atoms with Crippen molar-refractivity contribution in [2.24, 2.45) is 0 Å². The Morgan fingerprint density at radius 2 is 2.29 bits per heavy atom. The van der Waals surface area contributed by atoms with Gasteiger partial charge >= 0.3 is 0 Å². The van der Waals surface area contributed by atoms with E-state index in [1.54, 1.807) is 6.07 Å². The van der Waals surface area contributed by atoms with Gasteiger partial charge in [0.25, 0.3) is 0 Å². The average Bonchev–Trinajstić information content (AvgIpc) is 2.29. The number of hydrogen-bond donors (Lipinski definition) is 1. The maximum absolute atomic E-state index is 13.0. The van der Waals surface area contributed by atoms with Gasteiger partial charge in [-0.2, -0.15) is 0 Å². The van der Waals surface area contributed by atoms with E-state index in [0.717, 1.165) is 37.1 Å². The lowest BCUT2D eigenvalue weighted by Crippen LogP contribution is -2.45. The van der Waals surface area contributed by atoms with Gasteiger partial charge in [0.1, 0.15) is 5.82 Å². The molecule has 0 aliphatic carbocycles. The Morgan fingerprint density at radius 3 is 2.94 bits per heavy atom. The topological polar surface area (TPSA) is 21.3 Å². The highest BCUT2D eigenvalue weighted by Crippen LogP contribution is 2.22. The molecule has 94 valence electrons. The highest BCUT2D eigenvalue weighted by atomic mass is 19.1. The molecule has 1 unspecified atom stereocenters. The van der Waals surface area contributed by atoms with Crippen molar-refractivity contribution in [1.82, 2.24) is 5.32 Å². The smallest absolute Gasteiger partial charge is 0.123 e. The fourth-order valence-electron chi connectivity index (χ4n) is 2.22. The summed E-state index contributed by atoms with van der Waals surface area (Å²) in [5, 5.41) is 3.35. The minimum absolute atomic E-state index is 0.0842. The Morgan fingerprint density at radius 1 is 1.47 bits per heavy atom. The standard InChI is InChI=1S/C14H20FNO/c1-11-8-13(15)5-4-12(11)9-17-14(2)6-3-7-16-10-14/h4-5,8,16H,3,6-7,9-10H2,1-2H3. The van der Waals surface area contributed by atoms with Gasteiger partial charge in [0, 0.05) is 6.54 Å². The SMILES string of the molecule is Cc1cc(F)ccc1COC1(C)CCCNC1. The molecule has 1 atom stereocenters. The molecule has 0 saturated carbocycles. The number of piperidine rings is 1. The molecule has 0 amide bonds. The van der Waals surface area contributed by atoms with Crippen molar-refractivity contribution in [3.63, 3.8) is 0 Å². The monoisotopic (exact) mass is 237 g/mol. The highest BCUT2D eigenvalue weighted by molar-refractivity contribution is 5.25. The molecule has 0 radical (unpaired) electrons. The number of rotatable bonds is 3. The summed E-state index contributed by atoms with van der Waals surface area (Å²) in [5.41, 5.74) is 1.94. The van der Waals surface area contributed by atoms with Crippen LogP contribution in [0, 0.1) is 12.7 Å². The highest BCUT2D eigenvalue weighted by Gasteiger charge is 2.27. The van der Waals surface area contributed by atoms with Crippen LogP contribution in [0.3, 0.4) is 0 Å². The third kappa shape index (κ3) is 3.27. The third-order valence-electron chi connectivity index (χ3n) is 3.44. The lowest BCUT2D eigenvalue weighted by atomic mass is 9.96. The van der Waals surface area contributed by atoms with Crippen molar-refractivity contribution in [1.29, 1.82) is 0 Å². The van der Waals surface area contributed by atoms with Crippen LogP contribution in [0.25, 0.3) is 0 Å². The molecule has 1 aliphatic heterocycles. The molecule has 1 aliphatic rings. The Balaban J connectivity index is 1.97. The average molecular weight is 237 g/mol. The summed E-state index contributed by atoms with van der Waals surface area (Å²) in [4.78, 5) is 0. The van der Waals surface area contributed by atoms with Crippen LogP contribution in [-0.2, 0) is 11.3 Å². The molecule has 1 heterocycles. The van der Waals surface area contributed by atoms with Crippen LogP contribution in [-0.4, -0.2) is 18.7 Å². The van der Waals surface area contributed by atoms with E-state index in [-0.39, 0.29) is 11.4 Å². The molecular weight excluding hydrogens is 217 g/mol. The summed E-state index contributed by atoms with van der Waals surface area (Å²) < 4.78 is 19.0. The zero-order valence-electron chi connectivity index (χ0n) is 10.6. The Bertz CT molecular complexity index is 386.